The number of anilines is 1. The molecule has 2 aromatic carbocycles. The Morgan fingerprint density at radius 1 is 1.12 bits per heavy atom. The third-order valence-corrected chi connectivity index (χ3v) is 5.72. The van der Waals surface area contributed by atoms with E-state index in [4.69, 9.17) is 23.2 Å². The Labute approximate surface area is 149 Å². The lowest BCUT2D eigenvalue weighted by Gasteiger charge is -2.37. The number of fused-ring (bicyclic) bond motifs is 3. The number of hydrogen-bond donors (Lipinski definition) is 1. The van der Waals surface area contributed by atoms with Crippen molar-refractivity contribution >= 4 is 34.6 Å². The van der Waals surface area contributed by atoms with Crippen LogP contribution < -0.4 is 5.32 Å². The zero-order valence-corrected chi connectivity index (χ0v) is 14.1. The van der Waals surface area contributed by atoms with E-state index in [9.17, 15) is 10.1 Å². The van der Waals surface area contributed by atoms with Crippen LogP contribution >= 0.6 is 23.2 Å². The lowest BCUT2D eigenvalue weighted by molar-refractivity contribution is -0.384. The Balaban J connectivity index is 1.88. The molecule has 0 saturated carbocycles. The van der Waals surface area contributed by atoms with Gasteiger partial charge in [0.05, 0.1) is 21.0 Å². The highest BCUT2D eigenvalue weighted by Gasteiger charge is 2.41. The molecule has 122 valence electrons. The standard InChI is InChI=1S/C18H14Cl2N2O2/c19-14-8-2-7-13(16(14)20)17-11-5-1-4-10(11)12-6-3-9-15(22(23)24)18(12)21-17/h1-4,6-11,17,21H,5H2/t10-,11-,17-/m1/s1. The molecule has 0 fully saturated rings. The molecule has 6 heteroatoms. The highest BCUT2D eigenvalue weighted by Crippen LogP contribution is 2.53. The first-order valence-electron chi connectivity index (χ1n) is 7.72. The predicted octanol–water partition coefficient (Wildman–Crippen LogP) is 5.73. The highest BCUT2D eigenvalue weighted by atomic mass is 35.5. The molecule has 3 atom stereocenters. The molecule has 0 bridgehead atoms. The molecule has 1 N–H and O–H groups in total. The topological polar surface area (TPSA) is 55.2 Å². The average Bonchev–Trinajstić information content (AvgIpc) is 3.06. The normalized spacial score (nSPS) is 24.2. The first-order valence-corrected chi connectivity index (χ1v) is 8.48. The molecular weight excluding hydrogens is 347 g/mol. The van der Waals surface area contributed by atoms with E-state index in [-0.39, 0.29) is 28.5 Å². The van der Waals surface area contributed by atoms with Gasteiger partial charge in [-0.15, -0.1) is 0 Å². The van der Waals surface area contributed by atoms with Crippen LogP contribution in [0.3, 0.4) is 0 Å². The lowest BCUT2D eigenvalue weighted by atomic mass is 9.77. The molecule has 1 heterocycles. The second-order valence-corrected chi connectivity index (χ2v) is 6.90. The lowest BCUT2D eigenvalue weighted by Crippen LogP contribution is -2.29. The maximum Gasteiger partial charge on any atom is 0.292 e. The Hall–Kier alpha value is -2.04. The first-order chi connectivity index (χ1) is 11.6. The van der Waals surface area contributed by atoms with E-state index >= 15 is 0 Å². The maximum absolute atomic E-state index is 11.4. The van der Waals surface area contributed by atoms with Crippen LogP contribution in [-0.4, -0.2) is 4.92 Å². The summed E-state index contributed by atoms with van der Waals surface area (Å²) < 4.78 is 0. The molecule has 0 aromatic heterocycles. The van der Waals surface area contributed by atoms with E-state index in [1.165, 1.54) is 6.07 Å². The molecule has 4 rings (SSSR count). The Kier molecular flexibility index (Phi) is 3.74. The summed E-state index contributed by atoms with van der Waals surface area (Å²) in [6, 6.07) is 10.6. The summed E-state index contributed by atoms with van der Waals surface area (Å²) in [4.78, 5) is 11.1. The zero-order chi connectivity index (χ0) is 16.8. The second-order valence-electron chi connectivity index (χ2n) is 6.12. The number of allylic oxidation sites excluding steroid dienone is 2. The molecule has 1 aliphatic heterocycles. The minimum absolute atomic E-state index is 0.0920. The van der Waals surface area contributed by atoms with Gasteiger partial charge in [-0.1, -0.05) is 59.6 Å². The fourth-order valence-electron chi connectivity index (χ4n) is 3.83. The minimum Gasteiger partial charge on any atom is -0.372 e. The molecule has 24 heavy (non-hydrogen) atoms. The van der Waals surface area contributed by atoms with Crippen LogP contribution in [0.2, 0.25) is 10.0 Å². The number of nitro groups is 1. The smallest absolute Gasteiger partial charge is 0.292 e. The number of nitro benzene ring substituents is 1. The van der Waals surface area contributed by atoms with E-state index in [0.717, 1.165) is 17.5 Å². The summed E-state index contributed by atoms with van der Waals surface area (Å²) >= 11 is 12.6. The minimum atomic E-state index is -0.346. The summed E-state index contributed by atoms with van der Waals surface area (Å²) in [5.74, 6) is 0.400. The fourth-order valence-corrected chi connectivity index (χ4v) is 4.25. The van der Waals surface area contributed by atoms with Crippen LogP contribution in [0.5, 0.6) is 0 Å². The van der Waals surface area contributed by atoms with E-state index in [2.05, 4.69) is 17.5 Å². The van der Waals surface area contributed by atoms with Gasteiger partial charge < -0.3 is 5.32 Å². The highest BCUT2D eigenvalue weighted by molar-refractivity contribution is 6.42. The molecule has 0 radical (unpaired) electrons. The van der Waals surface area contributed by atoms with E-state index in [1.54, 1.807) is 12.1 Å². The summed E-state index contributed by atoms with van der Waals surface area (Å²) in [5, 5.41) is 15.8. The van der Waals surface area contributed by atoms with E-state index in [0.29, 0.717) is 15.7 Å². The zero-order valence-electron chi connectivity index (χ0n) is 12.6. The van der Waals surface area contributed by atoms with Crippen LogP contribution in [0, 0.1) is 16.0 Å². The van der Waals surface area contributed by atoms with Crippen LogP contribution in [0.25, 0.3) is 0 Å². The van der Waals surface area contributed by atoms with Gasteiger partial charge in [0.1, 0.15) is 5.69 Å². The number of halogens is 2. The van der Waals surface area contributed by atoms with Crippen molar-refractivity contribution in [3.8, 4) is 0 Å². The molecule has 2 aliphatic rings. The van der Waals surface area contributed by atoms with Crippen molar-refractivity contribution in [2.24, 2.45) is 5.92 Å². The number of nitrogens with zero attached hydrogens (tertiary/aromatic N) is 1. The Bertz CT molecular complexity index is 866. The molecule has 0 saturated heterocycles. The monoisotopic (exact) mass is 360 g/mol. The number of benzene rings is 2. The van der Waals surface area contributed by atoms with Crippen LogP contribution in [0.15, 0.2) is 48.6 Å². The number of rotatable bonds is 2. The second kappa shape index (κ2) is 5.80. The number of para-hydroxylation sites is 1. The van der Waals surface area contributed by atoms with Gasteiger partial charge in [0, 0.05) is 12.0 Å². The van der Waals surface area contributed by atoms with Gasteiger partial charge in [-0.2, -0.15) is 0 Å². The van der Waals surface area contributed by atoms with Crippen molar-refractivity contribution in [1.29, 1.82) is 0 Å². The van der Waals surface area contributed by atoms with Gasteiger partial charge in [-0.3, -0.25) is 10.1 Å². The van der Waals surface area contributed by atoms with Crippen molar-refractivity contribution in [3.63, 3.8) is 0 Å². The fraction of sp³-hybridized carbons (Fsp3) is 0.222. The number of hydrogen-bond acceptors (Lipinski definition) is 3. The van der Waals surface area contributed by atoms with Crippen molar-refractivity contribution in [1.82, 2.24) is 0 Å². The largest absolute Gasteiger partial charge is 0.372 e. The summed E-state index contributed by atoms with van der Waals surface area (Å²) in [5.41, 5.74) is 2.52. The van der Waals surface area contributed by atoms with E-state index in [1.807, 2.05) is 18.2 Å². The van der Waals surface area contributed by atoms with Crippen LogP contribution in [-0.2, 0) is 0 Å². The third kappa shape index (κ3) is 2.29. The van der Waals surface area contributed by atoms with Crippen molar-refractivity contribution < 1.29 is 4.92 Å². The maximum atomic E-state index is 11.4. The molecule has 0 unspecified atom stereocenters. The number of nitrogens with one attached hydrogen (secondary N) is 1. The van der Waals surface area contributed by atoms with E-state index < -0.39 is 0 Å². The van der Waals surface area contributed by atoms with Crippen molar-refractivity contribution in [3.05, 3.63) is 79.8 Å². The molecule has 0 spiro atoms. The van der Waals surface area contributed by atoms with Crippen LogP contribution in [0.1, 0.15) is 29.5 Å². The summed E-state index contributed by atoms with van der Waals surface area (Å²) in [7, 11) is 0. The molecule has 1 aliphatic carbocycles. The van der Waals surface area contributed by atoms with Crippen LogP contribution in [0.4, 0.5) is 11.4 Å². The molecule has 0 amide bonds. The summed E-state index contributed by atoms with van der Waals surface area (Å²) in [6.45, 7) is 0. The van der Waals surface area contributed by atoms with Gasteiger partial charge in [-0.05, 0) is 29.5 Å². The quantitative estimate of drug-likeness (QED) is 0.422. The predicted molar refractivity (Wildman–Crippen MR) is 95.9 cm³/mol. The average molecular weight is 361 g/mol. The van der Waals surface area contributed by atoms with Gasteiger partial charge >= 0.3 is 0 Å². The van der Waals surface area contributed by atoms with Gasteiger partial charge in [0.15, 0.2) is 0 Å². The molecule has 2 aromatic rings. The third-order valence-electron chi connectivity index (χ3n) is 4.89. The van der Waals surface area contributed by atoms with Gasteiger partial charge in [0.25, 0.3) is 5.69 Å². The van der Waals surface area contributed by atoms with Crippen molar-refractivity contribution in [2.75, 3.05) is 5.32 Å². The first kappa shape index (κ1) is 15.5. The van der Waals surface area contributed by atoms with Gasteiger partial charge in [-0.25, -0.2) is 0 Å². The Morgan fingerprint density at radius 2 is 1.88 bits per heavy atom. The Morgan fingerprint density at radius 3 is 2.67 bits per heavy atom. The SMILES string of the molecule is O=[N+]([O-])c1cccc2c1N[C@@H](c1cccc(Cl)c1Cl)[C@@H]1CC=C[C@@H]21. The van der Waals surface area contributed by atoms with Gasteiger partial charge in [0.2, 0.25) is 0 Å². The molecular formula is C18H14Cl2N2O2. The van der Waals surface area contributed by atoms with Crippen molar-refractivity contribution in [2.45, 2.75) is 18.4 Å². The summed E-state index contributed by atoms with van der Waals surface area (Å²) in [6.07, 6.45) is 5.17. The molecule has 4 nitrogen and oxygen atoms in total.